The number of rotatable bonds is 7. The van der Waals surface area contributed by atoms with Crippen molar-refractivity contribution < 1.29 is 19.4 Å². The molecular formula is C21H21N3O4. The number of carboxylic acids is 1. The summed E-state index contributed by atoms with van der Waals surface area (Å²) in [6.45, 7) is 1.88. The third-order valence-electron chi connectivity index (χ3n) is 4.37. The first kappa shape index (κ1) is 19.2. The van der Waals surface area contributed by atoms with Gasteiger partial charge in [0.15, 0.2) is 5.69 Å². The molecule has 1 atom stereocenters. The SMILES string of the molecule is COc1cc(C(=O)N[C@@H](CC(=O)O)c2ccccc2C)nn1-c1ccccc1. The Kier molecular flexibility index (Phi) is 5.74. The van der Waals surface area contributed by atoms with E-state index in [0.29, 0.717) is 5.88 Å². The Morgan fingerprint density at radius 3 is 2.46 bits per heavy atom. The van der Waals surface area contributed by atoms with Crippen molar-refractivity contribution in [1.29, 1.82) is 0 Å². The molecule has 0 aliphatic heterocycles. The van der Waals surface area contributed by atoms with Gasteiger partial charge in [0, 0.05) is 6.07 Å². The molecule has 2 N–H and O–H groups in total. The van der Waals surface area contributed by atoms with Crippen LogP contribution in [0.5, 0.6) is 5.88 Å². The fraction of sp³-hybridized carbons (Fsp3) is 0.190. The lowest BCUT2D eigenvalue weighted by Crippen LogP contribution is -2.31. The molecule has 1 amide bonds. The normalized spacial score (nSPS) is 11.6. The number of nitrogens with one attached hydrogen (secondary N) is 1. The molecule has 3 rings (SSSR count). The molecule has 0 bridgehead atoms. The Balaban J connectivity index is 1.89. The van der Waals surface area contributed by atoms with E-state index in [1.54, 1.807) is 0 Å². The van der Waals surface area contributed by atoms with Crippen LogP contribution in [0.15, 0.2) is 60.7 Å². The van der Waals surface area contributed by atoms with Crippen molar-refractivity contribution in [1.82, 2.24) is 15.1 Å². The number of amides is 1. The first-order chi connectivity index (χ1) is 13.5. The van der Waals surface area contributed by atoms with Crippen molar-refractivity contribution in [3.05, 3.63) is 77.5 Å². The predicted molar refractivity (Wildman–Crippen MR) is 104 cm³/mol. The second-order valence-corrected chi connectivity index (χ2v) is 6.30. The standard InChI is InChI=1S/C21H21N3O4/c1-14-8-6-7-11-16(14)17(13-20(25)26)22-21(27)18-12-19(28-2)24(23-18)15-9-4-3-5-10-15/h3-12,17H,13H2,1-2H3,(H,22,27)(H,25,26)/t17-/m0/s1. The third kappa shape index (κ3) is 4.20. The maximum Gasteiger partial charge on any atom is 0.305 e. The molecule has 144 valence electrons. The number of nitrogens with zero attached hydrogens (tertiary/aromatic N) is 2. The molecule has 0 aliphatic carbocycles. The highest BCUT2D eigenvalue weighted by molar-refractivity contribution is 5.93. The van der Waals surface area contributed by atoms with Gasteiger partial charge in [0.1, 0.15) is 0 Å². The van der Waals surface area contributed by atoms with Gasteiger partial charge in [-0.3, -0.25) is 9.59 Å². The van der Waals surface area contributed by atoms with Gasteiger partial charge in [-0.25, -0.2) is 4.68 Å². The number of carboxylic acid groups (broad SMARTS) is 1. The monoisotopic (exact) mass is 379 g/mol. The largest absolute Gasteiger partial charge is 0.481 e. The lowest BCUT2D eigenvalue weighted by Gasteiger charge is -2.18. The molecule has 1 heterocycles. The Hall–Kier alpha value is -3.61. The molecule has 2 aromatic carbocycles. The zero-order chi connectivity index (χ0) is 20.1. The molecular weight excluding hydrogens is 358 g/mol. The summed E-state index contributed by atoms with van der Waals surface area (Å²) in [5, 5.41) is 16.4. The zero-order valence-electron chi connectivity index (χ0n) is 15.6. The van der Waals surface area contributed by atoms with Crippen molar-refractivity contribution >= 4 is 11.9 Å². The molecule has 7 nitrogen and oxygen atoms in total. The van der Waals surface area contributed by atoms with Gasteiger partial charge >= 0.3 is 5.97 Å². The van der Waals surface area contributed by atoms with Crippen LogP contribution in [0.25, 0.3) is 5.69 Å². The van der Waals surface area contributed by atoms with Crippen LogP contribution in [-0.4, -0.2) is 33.9 Å². The quantitative estimate of drug-likeness (QED) is 0.658. The number of aliphatic carboxylic acids is 1. The number of aromatic nitrogens is 2. The van der Waals surface area contributed by atoms with Gasteiger partial charge in [-0.05, 0) is 30.2 Å². The van der Waals surface area contributed by atoms with E-state index in [1.165, 1.54) is 17.9 Å². The van der Waals surface area contributed by atoms with Crippen molar-refractivity contribution in [2.75, 3.05) is 7.11 Å². The number of benzene rings is 2. The average molecular weight is 379 g/mol. The van der Waals surface area contributed by atoms with E-state index in [1.807, 2.05) is 61.5 Å². The summed E-state index contributed by atoms with van der Waals surface area (Å²) in [6, 6.07) is 17.5. The van der Waals surface area contributed by atoms with Crippen molar-refractivity contribution in [3.8, 4) is 11.6 Å². The van der Waals surface area contributed by atoms with E-state index in [2.05, 4.69) is 10.4 Å². The number of aryl methyl sites for hydroxylation is 1. The summed E-state index contributed by atoms with van der Waals surface area (Å²) in [7, 11) is 1.50. The molecule has 7 heteroatoms. The first-order valence-electron chi connectivity index (χ1n) is 8.77. The van der Waals surface area contributed by atoms with Crippen LogP contribution in [-0.2, 0) is 4.79 Å². The Labute approximate surface area is 162 Å². The molecule has 0 fully saturated rings. The van der Waals surface area contributed by atoms with E-state index in [4.69, 9.17) is 4.74 Å². The van der Waals surface area contributed by atoms with Gasteiger partial charge < -0.3 is 15.2 Å². The van der Waals surface area contributed by atoms with E-state index < -0.39 is 17.9 Å². The van der Waals surface area contributed by atoms with Crippen LogP contribution in [0, 0.1) is 6.92 Å². The Bertz CT molecular complexity index is 982. The number of carbonyl (C=O) groups is 2. The van der Waals surface area contributed by atoms with Crippen LogP contribution >= 0.6 is 0 Å². The molecule has 0 saturated heterocycles. The van der Waals surface area contributed by atoms with E-state index in [0.717, 1.165) is 16.8 Å². The second-order valence-electron chi connectivity index (χ2n) is 6.30. The predicted octanol–water partition coefficient (Wildman–Crippen LogP) is 3.14. The van der Waals surface area contributed by atoms with Crippen molar-refractivity contribution in [2.45, 2.75) is 19.4 Å². The highest BCUT2D eigenvalue weighted by atomic mass is 16.5. The minimum atomic E-state index is -0.999. The van der Waals surface area contributed by atoms with Gasteiger partial charge in [-0.1, -0.05) is 42.5 Å². The van der Waals surface area contributed by atoms with Crippen LogP contribution in [0.1, 0.15) is 34.1 Å². The summed E-state index contributed by atoms with van der Waals surface area (Å²) in [5.74, 6) is -1.06. The smallest absolute Gasteiger partial charge is 0.305 e. The maximum atomic E-state index is 12.8. The molecule has 0 aliphatic rings. The molecule has 0 spiro atoms. The highest BCUT2D eigenvalue weighted by Gasteiger charge is 2.23. The Morgan fingerprint density at radius 1 is 1.14 bits per heavy atom. The average Bonchev–Trinajstić information content (AvgIpc) is 3.13. The molecule has 0 unspecified atom stereocenters. The molecule has 1 aromatic heterocycles. The van der Waals surface area contributed by atoms with Crippen LogP contribution in [0.3, 0.4) is 0 Å². The summed E-state index contributed by atoms with van der Waals surface area (Å²) in [4.78, 5) is 24.1. The van der Waals surface area contributed by atoms with Gasteiger partial charge in [-0.15, -0.1) is 0 Å². The van der Waals surface area contributed by atoms with E-state index in [-0.39, 0.29) is 12.1 Å². The highest BCUT2D eigenvalue weighted by Crippen LogP contribution is 2.23. The molecule has 28 heavy (non-hydrogen) atoms. The summed E-state index contributed by atoms with van der Waals surface area (Å²) < 4.78 is 6.85. The number of hydrogen-bond acceptors (Lipinski definition) is 4. The molecule has 0 radical (unpaired) electrons. The third-order valence-corrected chi connectivity index (χ3v) is 4.37. The zero-order valence-corrected chi connectivity index (χ0v) is 15.6. The fourth-order valence-electron chi connectivity index (χ4n) is 3.00. The second kappa shape index (κ2) is 8.39. The van der Waals surface area contributed by atoms with Crippen molar-refractivity contribution in [3.63, 3.8) is 0 Å². The minimum Gasteiger partial charge on any atom is -0.481 e. The summed E-state index contributed by atoms with van der Waals surface area (Å²) in [5.41, 5.74) is 2.55. The van der Waals surface area contributed by atoms with Gasteiger partial charge in [0.25, 0.3) is 5.91 Å². The molecule has 0 saturated carbocycles. The van der Waals surface area contributed by atoms with Crippen LogP contribution in [0.4, 0.5) is 0 Å². The van der Waals surface area contributed by atoms with Gasteiger partial charge in [-0.2, -0.15) is 5.10 Å². The van der Waals surface area contributed by atoms with Crippen LogP contribution < -0.4 is 10.1 Å². The summed E-state index contributed by atoms with van der Waals surface area (Å²) >= 11 is 0. The van der Waals surface area contributed by atoms with Gasteiger partial charge in [0.2, 0.25) is 5.88 Å². The van der Waals surface area contributed by atoms with Crippen LogP contribution in [0.2, 0.25) is 0 Å². The molecule has 3 aromatic rings. The summed E-state index contributed by atoms with van der Waals surface area (Å²) in [6.07, 6.45) is -0.229. The number of ether oxygens (including phenoxy) is 1. The van der Waals surface area contributed by atoms with Crippen molar-refractivity contribution in [2.24, 2.45) is 0 Å². The number of para-hydroxylation sites is 1. The minimum absolute atomic E-state index is 0.143. The topological polar surface area (TPSA) is 93.4 Å². The van der Waals surface area contributed by atoms with E-state index in [9.17, 15) is 14.7 Å². The first-order valence-corrected chi connectivity index (χ1v) is 8.77. The maximum absolute atomic E-state index is 12.8. The lowest BCUT2D eigenvalue weighted by atomic mass is 9.98. The number of carbonyl (C=O) groups excluding carboxylic acids is 1. The Morgan fingerprint density at radius 2 is 1.82 bits per heavy atom. The lowest BCUT2D eigenvalue weighted by molar-refractivity contribution is -0.137. The number of hydrogen-bond donors (Lipinski definition) is 2. The fourth-order valence-corrected chi connectivity index (χ4v) is 3.00. The van der Waals surface area contributed by atoms with Gasteiger partial charge in [0.05, 0.1) is 25.3 Å². The van der Waals surface area contributed by atoms with E-state index >= 15 is 0 Å². The number of methoxy groups -OCH3 is 1.